The van der Waals surface area contributed by atoms with Crippen LogP contribution in [0.2, 0.25) is 0 Å². The van der Waals surface area contributed by atoms with E-state index in [-0.39, 0.29) is 11.9 Å². The van der Waals surface area contributed by atoms with Crippen molar-refractivity contribution >= 4 is 21.7 Å². The highest BCUT2D eigenvalue weighted by Crippen LogP contribution is 2.30. The van der Waals surface area contributed by atoms with E-state index in [2.05, 4.69) is 26.3 Å². The molecule has 18 heavy (non-hydrogen) atoms. The molecule has 0 radical (unpaired) electrons. The Morgan fingerprint density at radius 2 is 2.06 bits per heavy atom. The molecule has 1 heterocycles. The number of anilines is 1. The molecule has 1 atom stereocenters. The molecule has 0 aliphatic rings. The minimum atomic E-state index is -0.353. The molecule has 94 valence electrons. The monoisotopic (exact) mass is 310 g/mol. The first kappa shape index (κ1) is 12.9. The third-order valence-electron chi connectivity index (χ3n) is 2.62. The lowest BCUT2D eigenvalue weighted by Gasteiger charge is -2.19. The standard InChI is InChI=1S/C12H12BrFN4/c13-10-6-7(14)3-4-8(10)11(18-16)9-2-1-5-17-12(9)15/h1-6,11,18H,16H2,(H2,15,17). The summed E-state index contributed by atoms with van der Waals surface area (Å²) in [5.41, 5.74) is 10.0. The molecule has 6 heteroatoms. The van der Waals surface area contributed by atoms with E-state index in [1.165, 1.54) is 12.1 Å². The Morgan fingerprint density at radius 1 is 1.28 bits per heavy atom. The molecule has 0 saturated carbocycles. The molecule has 0 spiro atoms. The largest absolute Gasteiger partial charge is 0.383 e. The van der Waals surface area contributed by atoms with E-state index in [0.29, 0.717) is 10.3 Å². The van der Waals surface area contributed by atoms with Crippen LogP contribution in [0, 0.1) is 5.82 Å². The number of aromatic nitrogens is 1. The zero-order chi connectivity index (χ0) is 13.1. The molecule has 0 fully saturated rings. The van der Waals surface area contributed by atoms with E-state index < -0.39 is 0 Å². The Labute approximate surface area is 112 Å². The van der Waals surface area contributed by atoms with E-state index in [9.17, 15) is 4.39 Å². The van der Waals surface area contributed by atoms with Gasteiger partial charge in [0, 0.05) is 16.2 Å². The van der Waals surface area contributed by atoms with Gasteiger partial charge in [0.05, 0.1) is 6.04 Å². The third-order valence-corrected chi connectivity index (χ3v) is 3.31. The van der Waals surface area contributed by atoms with Crippen molar-refractivity contribution < 1.29 is 4.39 Å². The summed E-state index contributed by atoms with van der Waals surface area (Å²) < 4.78 is 13.7. The molecule has 1 aromatic carbocycles. The third kappa shape index (κ3) is 2.50. The van der Waals surface area contributed by atoms with Gasteiger partial charge in [-0.05, 0) is 23.8 Å². The molecule has 5 N–H and O–H groups in total. The number of hydrogen-bond acceptors (Lipinski definition) is 4. The van der Waals surface area contributed by atoms with Gasteiger partial charge < -0.3 is 5.73 Å². The van der Waals surface area contributed by atoms with Crippen LogP contribution in [0.3, 0.4) is 0 Å². The van der Waals surface area contributed by atoms with Crippen LogP contribution in [0.5, 0.6) is 0 Å². The van der Waals surface area contributed by atoms with Gasteiger partial charge in [-0.2, -0.15) is 0 Å². The van der Waals surface area contributed by atoms with Gasteiger partial charge >= 0.3 is 0 Å². The summed E-state index contributed by atoms with van der Waals surface area (Å²) in [5, 5.41) is 0. The Morgan fingerprint density at radius 3 is 2.67 bits per heavy atom. The first-order valence-corrected chi connectivity index (χ1v) is 6.04. The van der Waals surface area contributed by atoms with Crippen LogP contribution < -0.4 is 17.0 Å². The molecule has 2 rings (SSSR count). The van der Waals surface area contributed by atoms with Gasteiger partial charge in [0.1, 0.15) is 11.6 Å². The average molecular weight is 311 g/mol. The van der Waals surface area contributed by atoms with Crippen molar-refractivity contribution in [2.24, 2.45) is 5.84 Å². The number of pyridine rings is 1. The Kier molecular flexibility index (Phi) is 3.90. The number of benzene rings is 1. The van der Waals surface area contributed by atoms with E-state index in [1.54, 1.807) is 18.3 Å². The normalized spacial score (nSPS) is 12.4. The van der Waals surface area contributed by atoms with Crippen LogP contribution in [-0.2, 0) is 0 Å². The summed E-state index contributed by atoms with van der Waals surface area (Å²) in [6.07, 6.45) is 1.60. The molecule has 0 saturated heterocycles. The quantitative estimate of drug-likeness (QED) is 0.599. The predicted molar refractivity (Wildman–Crippen MR) is 71.9 cm³/mol. The fourth-order valence-electron chi connectivity index (χ4n) is 1.76. The van der Waals surface area contributed by atoms with E-state index in [0.717, 1.165) is 11.1 Å². The molecule has 0 aliphatic carbocycles. The van der Waals surface area contributed by atoms with Gasteiger partial charge in [-0.25, -0.2) is 14.8 Å². The van der Waals surface area contributed by atoms with Crippen molar-refractivity contribution in [1.82, 2.24) is 10.4 Å². The van der Waals surface area contributed by atoms with Crippen molar-refractivity contribution in [2.45, 2.75) is 6.04 Å². The molecule has 0 amide bonds. The fraction of sp³-hybridized carbons (Fsp3) is 0.0833. The number of nitrogens with one attached hydrogen (secondary N) is 1. The fourth-order valence-corrected chi connectivity index (χ4v) is 2.34. The molecule has 4 nitrogen and oxygen atoms in total. The summed E-state index contributed by atoms with van der Waals surface area (Å²) in [6, 6.07) is 7.64. The minimum Gasteiger partial charge on any atom is -0.383 e. The second-order valence-corrected chi connectivity index (χ2v) is 4.60. The summed E-state index contributed by atoms with van der Waals surface area (Å²) in [4.78, 5) is 4.01. The summed E-state index contributed by atoms with van der Waals surface area (Å²) in [6.45, 7) is 0. The predicted octanol–water partition coefficient (Wildman–Crippen LogP) is 2.12. The number of halogens is 2. The maximum Gasteiger partial charge on any atom is 0.128 e. The van der Waals surface area contributed by atoms with Crippen LogP contribution >= 0.6 is 15.9 Å². The second kappa shape index (κ2) is 5.43. The van der Waals surface area contributed by atoms with E-state index in [1.807, 2.05) is 6.07 Å². The number of rotatable bonds is 3. The maximum absolute atomic E-state index is 13.1. The van der Waals surface area contributed by atoms with Crippen molar-refractivity contribution in [2.75, 3.05) is 5.73 Å². The lowest BCUT2D eigenvalue weighted by Crippen LogP contribution is -2.30. The average Bonchev–Trinajstić information content (AvgIpc) is 2.34. The highest BCUT2D eigenvalue weighted by molar-refractivity contribution is 9.10. The first-order chi connectivity index (χ1) is 8.63. The smallest absolute Gasteiger partial charge is 0.128 e. The Balaban J connectivity index is 2.49. The highest BCUT2D eigenvalue weighted by atomic mass is 79.9. The number of hydrogen-bond donors (Lipinski definition) is 3. The van der Waals surface area contributed by atoms with Gasteiger partial charge in [-0.3, -0.25) is 5.84 Å². The van der Waals surface area contributed by atoms with Crippen LogP contribution in [0.1, 0.15) is 17.2 Å². The SMILES string of the molecule is NNC(c1ccc(F)cc1Br)c1cccnc1N. The zero-order valence-corrected chi connectivity index (χ0v) is 11.0. The van der Waals surface area contributed by atoms with Gasteiger partial charge in [0.15, 0.2) is 0 Å². The van der Waals surface area contributed by atoms with Gasteiger partial charge in [-0.1, -0.05) is 28.1 Å². The van der Waals surface area contributed by atoms with Gasteiger partial charge in [0.2, 0.25) is 0 Å². The summed E-state index contributed by atoms with van der Waals surface area (Å²) in [7, 11) is 0. The second-order valence-electron chi connectivity index (χ2n) is 3.74. The Hall–Kier alpha value is -1.50. The number of nitrogens with zero attached hydrogens (tertiary/aromatic N) is 1. The Bertz CT molecular complexity index is 562. The molecular formula is C12H12BrFN4. The maximum atomic E-state index is 13.1. The van der Waals surface area contributed by atoms with Crippen molar-refractivity contribution in [1.29, 1.82) is 0 Å². The highest BCUT2D eigenvalue weighted by Gasteiger charge is 2.18. The van der Waals surface area contributed by atoms with Crippen molar-refractivity contribution in [3.8, 4) is 0 Å². The van der Waals surface area contributed by atoms with Gasteiger partial charge in [-0.15, -0.1) is 0 Å². The lowest BCUT2D eigenvalue weighted by molar-refractivity contribution is 0.613. The molecule has 2 aromatic rings. The molecule has 0 aliphatic heterocycles. The van der Waals surface area contributed by atoms with Crippen molar-refractivity contribution in [3.05, 3.63) is 57.9 Å². The minimum absolute atomic E-state index is 0.319. The van der Waals surface area contributed by atoms with E-state index >= 15 is 0 Å². The van der Waals surface area contributed by atoms with Gasteiger partial charge in [0.25, 0.3) is 0 Å². The topological polar surface area (TPSA) is 77.0 Å². The molecular weight excluding hydrogens is 299 g/mol. The number of nitrogen functional groups attached to an aromatic ring is 1. The van der Waals surface area contributed by atoms with Crippen LogP contribution in [0.25, 0.3) is 0 Å². The lowest BCUT2D eigenvalue weighted by atomic mass is 10.00. The van der Waals surface area contributed by atoms with Crippen LogP contribution in [0.15, 0.2) is 41.0 Å². The molecule has 0 bridgehead atoms. The van der Waals surface area contributed by atoms with E-state index in [4.69, 9.17) is 11.6 Å². The van der Waals surface area contributed by atoms with Crippen LogP contribution in [0.4, 0.5) is 10.2 Å². The molecule has 1 aromatic heterocycles. The van der Waals surface area contributed by atoms with Crippen molar-refractivity contribution in [3.63, 3.8) is 0 Å². The number of nitrogens with two attached hydrogens (primary N) is 2. The summed E-state index contributed by atoms with van der Waals surface area (Å²) >= 11 is 3.31. The zero-order valence-electron chi connectivity index (χ0n) is 9.40. The number of hydrazine groups is 1. The first-order valence-electron chi connectivity index (χ1n) is 5.25. The summed E-state index contributed by atoms with van der Waals surface area (Å²) in [5.74, 6) is 5.63. The molecule has 1 unspecified atom stereocenters. The van der Waals surface area contributed by atoms with Crippen LogP contribution in [-0.4, -0.2) is 4.98 Å².